The Morgan fingerprint density at radius 3 is 2.35 bits per heavy atom. The summed E-state index contributed by atoms with van der Waals surface area (Å²) in [6, 6.07) is 7.57. The predicted octanol–water partition coefficient (Wildman–Crippen LogP) is 4.27. The lowest BCUT2D eigenvalue weighted by atomic mass is 9.88. The lowest BCUT2D eigenvalue weighted by Gasteiger charge is -2.30. The van der Waals surface area contributed by atoms with Gasteiger partial charge in [-0.1, -0.05) is 25.1 Å². The van der Waals surface area contributed by atoms with E-state index in [2.05, 4.69) is 17.4 Å². The zero-order valence-corrected chi connectivity index (χ0v) is 18.8. The summed E-state index contributed by atoms with van der Waals surface area (Å²) in [6.45, 7) is 3.37. The van der Waals surface area contributed by atoms with Crippen LogP contribution in [0.15, 0.2) is 36.4 Å². The summed E-state index contributed by atoms with van der Waals surface area (Å²) in [5, 5.41) is 2.93. The van der Waals surface area contributed by atoms with Gasteiger partial charge < -0.3 is 5.32 Å². The van der Waals surface area contributed by atoms with Crippen LogP contribution >= 0.6 is 0 Å². The number of carbonyl (C=O) groups excluding carboxylic acids is 1. The van der Waals surface area contributed by atoms with Gasteiger partial charge in [0.1, 0.15) is 6.04 Å². The number of halogens is 2. The molecule has 0 radical (unpaired) electrons. The number of carbonyl (C=O) groups is 1. The Bertz CT molecular complexity index is 1070. The van der Waals surface area contributed by atoms with E-state index in [1.165, 1.54) is 24.5 Å². The SMILES string of the molecule is CCC(NC(=O)C(C)N(c1ccc(F)c(F)c1)S(C)(=O)=O)c1ccc2c(c1)CCCC2. The molecular weight excluding hydrogens is 422 g/mol. The molecule has 0 fully saturated rings. The zero-order valence-electron chi connectivity index (χ0n) is 18.0. The van der Waals surface area contributed by atoms with Crippen LogP contribution in [0.2, 0.25) is 0 Å². The summed E-state index contributed by atoms with van der Waals surface area (Å²) in [7, 11) is -3.93. The second kappa shape index (κ2) is 9.34. The molecule has 2 aromatic carbocycles. The normalized spacial score (nSPS) is 15.6. The van der Waals surface area contributed by atoms with Crippen molar-refractivity contribution in [1.82, 2.24) is 5.32 Å². The lowest BCUT2D eigenvalue weighted by Crippen LogP contribution is -2.48. The molecule has 3 rings (SSSR count). The molecule has 0 aromatic heterocycles. The van der Waals surface area contributed by atoms with Gasteiger partial charge in [0, 0.05) is 6.07 Å². The summed E-state index contributed by atoms with van der Waals surface area (Å²) >= 11 is 0. The molecule has 1 amide bonds. The molecule has 0 spiro atoms. The molecule has 31 heavy (non-hydrogen) atoms. The van der Waals surface area contributed by atoms with E-state index in [0.717, 1.165) is 53.6 Å². The predicted molar refractivity (Wildman–Crippen MR) is 117 cm³/mol. The van der Waals surface area contributed by atoms with Crippen molar-refractivity contribution in [2.45, 2.75) is 58.0 Å². The van der Waals surface area contributed by atoms with E-state index in [0.29, 0.717) is 6.42 Å². The molecule has 0 saturated carbocycles. The van der Waals surface area contributed by atoms with E-state index in [1.807, 2.05) is 13.0 Å². The van der Waals surface area contributed by atoms with Crippen molar-refractivity contribution in [2.75, 3.05) is 10.6 Å². The Morgan fingerprint density at radius 2 is 1.74 bits per heavy atom. The fourth-order valence-corrected chi connectivity index (χ4v) is 5.28. The highest BCUT2D eigenvalue weighted by Gasteiger charge is 2.31. The molecule has 0 heterocycles. The first-order chi connectivity index (χ1) is 14.6. The number of rotatable bonds is 7. The molecule has 1 N–H and O–H groups in total. The van der Waals surface area contributed by atoms with E-state index in [1.54, 1.807) is 0 Å². The number of amides is 1. The van der Waals surface area contributed by atoms with Gasteiger partial charge in [0.15, 0.2) is 11.6 Å². The molecule has 5 nitrogen and oxygen atoms in total. The quantitative estimate of drug-likeness (QED) is 0.685. The topological polar surface area (TPSA) is 66.5 Å². The highest BCUT2D eigenvalue weighted by atomic mass is 32.2. The van der Waals surface area contributed by atoms with Crippen LogP contribution < -0.4 is 9.62 Å². The number of benzene rings is 2. The van der Waals surface area contributed by atoms with Gasteiger partial charge in [-0.05, 0) is 67.9 Å². The standard InChI is InChI=1S/C23H28F2N2O3S/c1-4-22(18-10-9-16-7-5-6-8-17(16)13-18)26-23(28)15(2)27(31(3,29)30)19-11-12-20(24)21(25)14-19/h9-15,22H,4-8H2,1-3H3,(H,26,28). The molecule has 8 heteroatoms. The molecule has 2 unspecified atom stereocenters. The molecule has 1 aliphatic carbocycles. The monoisotopic (exact) mass is 450 g/mol. The second-order valence-electron chi connectivity index (χ2n) is 8.04. The van der Waals surface area contributed by atoms with Crippen LogP contribution in [0.3, 0.4) is 0 Å². The molecule has 2 aromatic rings. The van der Waals surface area contributed by atoms with Crippen LogP contribution in [0.25, 0.3) is 0 Å². The first-order valence-electron chi connectivity index (χ1n) is 10.5. The minimum Gasteiger partial charge on any atom is -0.347 e. The lowest BCUT2D eigenvalue weighted by molar-refractivity contribution is -0.122. The number of sulfonamides is 1. The number of nitrogens with zero attached hydrogens (tertiary/aromatic N) is 1. The van der Waals surface area contributed by atoms with E-state index in [-0.39, 0.29) is 11.7 Å². The van der Waals surface area contributed by atoms with Crippen molar-refractivity contribution in [3.8, 4) is 0 Å². The fourth-order valence-electron chi connectivity index (χ4n) is 4.11. The van der Waals surface area contributed by atoms with Gasteiger partial charge in [-0.2, -0.15) is 0 Å². The Balaban J connectivity index is 1.84. The van der Waals surface area contributed by atoms with Gasteiger partial charge >= 0.3 is 0 Å². The zero-order chi connectivity index (χ0) is 22.8. The summed E-state index contributed by atoms with van der Waals surface area (Å²) in [5.74, 6) is -2.79. The van der Waals surface area contributed by atoms with E-state index in [9.17, 15) is 22.0 Å². The molecule has 0 aliphatic heterocycles. The third-order valence-electron chi connectivity index (χ3n) is 5.75. The highest BCUT2D eigenvalue weighted by molar-refractivity contribution is 7.92. The van der Waals surface area contributed by atoms with Crippen molar-refractivity contribution in [3.05, 3.63) is 64.7 Å². The average molecular weight is 451 g/mol. The Morgan fingerprint density at radius 1 is 1.06 bits per heavy atom. The van der Waals surface area contributed by atoms with Crippen molar-refractivity contribution < 1.29 is 22.0 Å². The third kappa shape index (κ3) is 5.23. The molecule has 0 saturated heterocycles. The minimum atomic E-state index is -3.93. The number of fused-ring (bicyclic) bond motifs is 1. The van der Waals surface area contributed by atoms with E-state index in [4.69, 9.17) is 0 Å². The van der Waals surface area contributed by atoms with Gasteiger partial charge in [-0.15, -0.1) is 0 Å². The van der Waals surface area contributed by atoms with Gasteiger partial charge in [-0.3, -0.25) is 9.10 Å². The number of aryl methyl sites for hydroxylation is 2. The first kappa shape index (κ1) is 23.2. The van der Waals surface area contributed by atoms with Crippen LogP contribution in [-0.4, -0.2) is 26.6 Å². The van der Waals surface area contributed by atoms with Crippen molar-refractivity contribution in [2.24, 2.45) is 0 Å². The molecule has 0 bridgehead atoms. The molecule has 2 atom stereocenters. The van der Waals surface area contributed by atoms with Gasteiger partial charge in [-0.25, -0.2) is 17.2 Å². The van der Waals surface area contributed by atoms with Gasteiger partial charge in [0.2, 0.25) is 15.9 Å². The third-order valence-corrected chi connectivity index (χ3v) is 6.99. The summed E-state index contributed by atoms with van der Waals surface area (Å²) < 4.78 is 52.6. The summed E-state index contributed by atoms with van der Waals surface area (Å²) in [5.41, 5.74) is 3.50. The first-order valence-corrected chi connectivity index (χ1v) is 12.3. The smallest absolute Gasteiger partial charge is 0.244 e. The maximum Gasteiger partial charge on any atom is 0.244 e. The summed E-state index contributed by atoms with van der Waals surface area (Å²) in [6.07, 6.45) is 5.96. The molecule has 1 aliphatic rings. The number of hydrogen-bond acceptors (Lipinski definition) is 3. The minimum absolute atomic E-state index is 0.106. The average Bonchev–Trinajstić information content (AvgIpc) is 2.73. The molecule has 168 valence electrons. The number of hydrogen-bond donors (Lipinski definition) is 1. The van der Waals surface area contributed by atoms with Crippen LogP contribution in [0, 0.1) is 11.6 Å². The largest absolute Gasteiger partial charge is 0.347 e. The number of nitrogens with one attached hydrogen (secondary N) is 1. The Labute approximate surface area is 182 Å². The van der Waals surface area contributed by atoms with E-state index < -0.39 is 33.6 Å². The van der Waals surface area contributed by atoms with Crippen molar-refractivity contribution in [3.63, 3.8) is 0 Å². The van der Waals surface area contributed by atoms with Gasteiger partial charge in [0.05, 0.1) is 18.0 Å². The van der Waals surface area contributed by atoms with Crippen molar-refractivity contribution in [1.29, 1.82) is 0 Å². The van der Waals surface area contributed by atoms with Gasteiger partial charge in [0.25, 0.3) is 0 Å². The molecular formula is C23H28F2N2O3S. The van der Waals surface area contributed by atoms with Crippen LogP contribution in [0.4, 0.5) is 14.5 Å². The van der Waals surface area contributed by atoms with Crippen LogP contribution in [-0.2, 0) is 27.7 Å². The number of anilines is 1. The summed E-state index contributed by atoms with van der Waals surface area (Å²) in [4.78, 5) is 13.0. The second-order valence-corrected chi connectivity index (χ2v) is 9.90. The highest BCUT2D eigenvalue weighted by Crippen LogP contribution is 2.27. The maximum atomic E-state index is 13.7. The maximum absolute atomic E-state index is 13.7. The van der Waals surface area contributed by atoms with Crippen LogP contribution in [0.1, 0.15) is 55.8 Å². The van der Waals surface area contributed by atoms with Crippen LogP contribution in [0.5, 0.6) is 0 Å². The van der Waals surface area contributed by atoms with E-state index >= 15 is 0 Å². The Hall–Kier alpha value is -2.48. The fraction of sp³-hybridized carbons (Fsp3) is 0.435. The van der Waals surface area contributed by atoms with Crippen molar-refractivity contribution >= 4 is 21.6 Å². The Kier molecular flexibility index (Phi) is 6.99.